The second-order valence-corrected chi connectivity index (χ2v) is 4.55. The molecule has 0 atom stereocenters. The van der Waals surface area contributed by atoms with Crippen molar-refractivity contribution in [3.8, 4) is 0 Å². The molecule has 2 rings (SSSR count). The third-order valence-electron chi connectivity index (χ3n) is 2.90. The van der Waals surface area contributed by atoms with E-state index < -0.39 is 0 Å². The maximum atomic E-state index is 5.74. The largest absolute Gasteiger partial charge is 0.372 e. The molecule has 0 radical (unpaired) electrons. The molecule has 0 aliphatic heterocycles. The monoisotopic (exact) mass is 209 g/mol. The lowest BCUT2D eigenvalue weighted by Gasteiger charge is -2.32. The number of ether oxygens (including phenoxy) is 1. The number of hydrogen-bond donors (Lipinski definition) is 1. The number of imidazole rings is 1. The summed E-state index contributed by atoms with van der Waals surface area (Å²) >= 11 is 0. The molecule has 0 amide bonds. The van der Waals surface area contributed by atoms with Crippen molar-refractivity contribution in [3.63, 3.8) is 0 Å². The molecular weight excluding hydrogens is 190 g/mol. The highest BCUT2D eigenvalue weighted by Gasteiger charge is 2.26. The summed E-state index contributed by atoms with van der Waals surface area (Å²) in [6, 6.07) is 0.791. The van der Waals surface area contributed by atoms with Crippen molar-refractivity contribution >= 4 is 0 Å². The molecule has 1 aliphatic rings. The zero-order chi connectivity index (χ0) is 10.8. The van der Waals surface area contributed by atoms with Crippen LogP contribution in [-0.2, 0) is 11.3 Å². The van der Waals surface area contributed by atoms with E-state index in [9.17, 15) is 0 Å². The first-order chi connectivity index (χ1) is 7.16. The Kier molecular flexibility index (Phi) is 3.07. The van der Waals surface area contributed by atoms with E-state index >= 15 is 0 Å². The lowest BCUT2D eigenvalue weighted by atomic mass is 9.90. The predicted octanol–water partition coefficient (Wildman–Crippen LogP) is 1.47. The van der Waals surface area contributed by atoms with E-state index in [2.05, 4.69) is 23.4 Å². The summed E-state index contributed by atoms with van der Waals surface area (Å²) in [5.41, 5.74) is 6.84. The summed E-state index contributed by atoms with van der Waals surface area (Å²) in [5.74, 6) is 0. The first kappa shape index (κ1) is 10.6. The molecule has 1 saturated carbocycles. The Morgan fingerprint density at radius 1 is 1.60 bits per heavy atom. The summed E-state index contributed by atoms with van der Waals surface area (Å²) in [5, 5.41) is 0. The Balaban J connectivity index is 1.85. The molecule has 1 aliphatic carbocycles. The first-order valence-corrected chi connectivity index (χ1v) is 5.54. The Labute approximate surface area is 90.4 Å². The summed E-state index contributed by atoms with van der Waals surface area (Å²) in [6.45, 7) is 4.93. The third kappa shape index (κ3) is 2.38. The topological polar surface area (TPSA) is 53.1 Å². The summed E-state index contributed by atoms with van der Waals surface area (Å²) in [6.07, 6.45) is 6.08. The molecular formula is C11H19N3O. The molecule has 2 N–H and O–H groups in total. The highest BCUT2D eigenvalue weighted by Crippen LogP contribution is 2.22. The molecule has 1 fully saturated rings. The summed E-state index contributed by atoms with van der Waals surface area (Å²) in [4.78, 5) is 4.14. The van der Waals surface area contributed by atoms with Crippen molar-refractivity contribution in [1.82, 2.24) is 9.55 Å². The van der Waals surface area contributed by atoms with Gasteiger partial charge in [-0.2, -0.15) is 0 Å². The molecule has 4 heteroatoms. The molecule has 0 aromatic carbocycles. The van der Waals surface area contributed by atoms with Crippen molar-refractivity contribution in [2.75, 3.05) is 0 Å². The van der Waals surface area contributed by atoms with E-state index in [4.69, 9.17) is 10.5 Å². The standard InChI is InChI=1S/C11H19N3O/c1-8(2)14-7-13-5-10(14)6-15-11-3-9(12)4-11/h5,7-9,11H,3-4,6,12H2,1-2H3. The van der Waals surface area contributed by atoms with E-state index in [0.717, 1.165) is 18.5 Å². The van der Waals surface area contributed by atoms with Gasteiger partial charge in [0.05, 0.1) is 30.9 Å². The van der Waals surface area contributed by atoms with Crippen molar-refractivity contribution in [2.45, 2.75) is 51.5 Å². The number of hydrogen-bond acceptors (Lipinski definition) is 3. The number of rotatable bonds is 4. The second-order valence-electron chi connectivity index (χ2n) is 4.55. The molecule has 84 valence electrons. The van der Waals surface area contributed by atoms with Crippen LogP contribution in [0, 0.1) is 0 Å². The van der Waals surface area contributed by atoms with Gasteiger partial charge in [-0.25, -0.2) is 4.98 Å². The molecule has 4 nitrogen and oxygen atoms in total. The van der Waals surface area contributed by atoms with E-state index in [1.165, 1.54) is 0 Å². The first-order valence-electron chi connectivity index (χ1n) is 5.54. The number of nitrogens with two attached hydrogens (primary N) is 1. The SMILES string of the molecule is CC(C)n1cncc1COC1CC(N)C1. The number of nitrogens with zero attached hydrogens (tertiary/aromatic N) is 2. The van der Waals surface area contributed by atoms with Crippen LogP contribution >= 0.6 is 0 Å². The fourth-order valence-corrected chi connectivity index (χ4v) is 1.85. The van der Waals surface area contributed by atoms with Gasteiger partial charge in [0.15, 0.2) is 0 Å². The maximum absolute atomic E-state index is 5.74. The second kappa shape index (κ2) is 4.33. The van der Waals surface area contributed by atoms with Gasteiger partial charge in [-0.05, 0) is 26.7 Å². The van der Waals surface area contributed by atoms with Crippen LogP contribution in [0.4, 0.5) is 0 Å². The van der Waals surface area contributed by atoms with Crippen LogP contribution in [-0.4, -0.2) is 21.7 Å². The normalized spacial score (nSPS) is 25.6. The Morgan fingerprint density at radius 3 is 2.93 bits per heavy atom. The van der Waals surface area contributed by atoms with Gasteiger partial charge >= 0.3 is 0 Å². The van der Waals surface area contributed by atoms with Crippen LogP contribution in [0.25, 0.3) is 0 Å². The van der Waals surface area contributed by atoms with Gasteiger partial charge in [-0.1, -0.05) is 0 Å². The highest BCUT2D eigenvalue weighted by molar-refractivity contribution is 4.98. The van der Waals surface area contributed by atoms with Crippen LogP contribution < -0.4 is 5.73 Å². The Morgan fingerprint density at radius 2 is 2.33 bits per heavy atom. The van der Waals surface area contributed by atoms with Crippen molar-refractivity contribution in [1.29, 1.82) is 0 Å². The molecule has 0 saturated heterocycles. The summed E-state index contributed by atoms with van der Waals surface area (Å²) in [7, 11) is 0. The van der Waals surface area contributed by atoms with Gasteiger partial charge < -0.3 is 15.0 Å². The van der Waals surface area contributed by atoms with Crippen molar-refractivity contribution < 1.29 is 4.74 Å². The molecule has 0 spiro atoms. The van der Waals surface area contributed by atoms with Gasteiger partial charge in [0.1, 0.15) is 0 Å². The average molecular weight is 209 g/mol. The average Bonchev–Trinajstić information content (AvgIpc) is 2.58. The van der Waals surface area contributed by atoms with E-state index in [-0.39, 0.29) is 0 Å². The molecule has 15 heavy (non-hydrogen) atoms. The van der Waals surface area contributed by atoms with Gasteiger partial charge in [0, 0.05) is 12.1 Å². The quantitative estimate of drug-likeness (QED) is 0.817. The smallest absolute Gasteiger partial charge is 0.0951 e. The lowest BCUT2D eigenvalue weighted by molar-refractivity contribution is -0.0214. The van der Waals surface area contributed by atoms with Crippen molar-refractivity contribution in [3.05, 3.63) is 18.2 Å². The van der Waals surface area contributed by atoms with Crippen LogP contribution in [0.1, 0.15) is 38.4 Å². The minimum absolute atomic E-state index is 0.352. The molecule has 1 heterocycles. The molecule has 0 unspecified atom stereocenters. The fourth-order valence-electron chi connectivity index (χ4n) is 1.85. The zero-order valence-electron chi connectivity index (χ0n) is 9.39. The molecule has 0 bridgehead atoms. The molecule has 1 aromatic heterocycles. The van der Waals surface area contributed by atoms with E-state index in [1.807, 2.05) is 12.5 Å². The number of aromatic nitrogens is 2. The Bertz CT molecular complexity index is 315. The minimum Gasteiger partial charge on any atom is -0.372 e. The van der Waals surface area contributed by atoms with Crippen LogP contribution in [0.3, 0.4) is 0 Å². The van der Waals surface area contributed by atoms with Crippen LogP contribution in [0.2, 0.25) is 0 Å². The van der Waals surface area contributed by atoms with E-state index in [1.54, 1.807) is 0 Å². The minimum atomic E-state index is 0.352. The molecule has 1 aromatic rings. The van der Waals surface area contributed by atoms with Crippen LogP contribution in [0.15, 0.2) is 12.5 Å². The predicted molar refractivity (Wildman–Crippen MR) is 58.4 cm³/mol. The van der Waals surface area contributed by atoms with Gasteiger partial charge in [-0.15, -0.1) is 0 Å². The van der Waals surface area contributed by atoms with E-state index in [0.29, 0.717) is 24.8 Å². The zero-order valence-corrected chi connectivity index (χ0v) is 9.39. The van der Waals surface area contributed by atoms with Gasteiger partial charge in [0.25, 0.3) is 0 Å². The summed E-state index contributed by atoms with van der Waals surface area (Å²) < 4.78 is 7.88. The third-order valence-corrected chi connectivity index (χ3v) is 2.90. The fraction of sp³-hybridized carbons (Fsp3) is 0.727. The maximum Gasteiger partial charge on any atom is 0.0951 e. The highest BCUT2D eigenvalue weighted by atomic mass is 16.5. The Hall–Kier alpha value is -0.870. The van der Waals surface area contributed by atoms with Gasteiger partial charge in [-0.3, -0.25) is 0 Å². The van der Waals surface area contributed by atoms with Crippen molar-refractivity contribution in [2.24, 2.45) is 5.73 Å². The van der Waals surface area contributed by atoms with Gasteiger partial charge in [0.2, 0.25) is 0 Å². The van der Waals surface area contributed by atoms with Crippen LogP contribution in [0.5, 0.6) is 0 Å². The lowest BCUT2D eigenvalue weighted by Crippen LogP contribution is -2.41.